The van der Waals surface area contributed by atoms with Gasteiger partial charge in [0.15, 0.2) is 0 Å². The number of likely N-dealkylation sites (N-methyl/N-ethyl adjacent to an activating group) is 1. The van der Waals surface area contributed by atoms with Gasteiger partial charge in [0.25, 0.3) is 0 Å². The SMILES string of the molecule is CC#CCCC(NCCC)C(C)(C)N(CC)CC. The highest BCUT2D eigenvalue weighted by Gasteiger charge is 2.32. The molecule has 18 heavy (non-hydrogen) atoms. The molecule has 0 aliphatic carbocycles. The zero-order valence-electron chi connectivity index (χ0n) is 13.3. The van der Waals surface area contributed by atoms with Crippen LogP contribution < -0.4 is 5.32 Å². The number of rotatable bonds is 9. The maximum atomic E-state index is 3.71. The Morgan fingerprint density at radius 2 is 1.78 bits per heavy atom. The molecule has 0 fully saturated rings. The molecular weight excluding hydrogens is 220 g/mol. The summed E-state index contributed by atoms with van der Waals surface area (Å²) in [5.41, 5.74) is 0.189. The summed E-state index contributed by atoms with van der Waals surface area (Å²) < 4.78 is 0. The summed E-state index contributed by atoms with van der Waals surface area (Å²) in [6, 6.07) is 0.512. The van der Waals surface area contributed by atoms with Crippen LogP contribution in [-0.2, 0) is 0 Å². The number of hydrogen-bond acceptors (Lipinski definition) is 2. The van der Waals surface area contributed by atoms with E-state index in [1.807, 2.05) is 6.92 Å². The lowest BCUT2D eigenvalue weighted by atomic mass is 9.88. The minimum atomic E-state index is 0.189. The van der Waals surface area contributed by atoms with Crippen LogP contribution in [0.2, 0.25) is 0 Å². The second kappa shape index (κ2) is 9.42. The highest BCUT2D eigenvalue weighted by Crippen LogP contribution is 2.22. The van der Waals surface area contributed by atoms with Gasteiger partial charge in [0.05, 0.1) is 0 Å². The molecule has 0 aliphatic rings. The smallest absolute Gasteiger partial charge is 0.0306 e. The normalized spacial score (nSPS) is 13.3. The molecule has 0 spiro atoms. The topological polar surface area (TPSA) is 15.3 Å². The third kappa shape index (κ3) is 5.42. The molecule has 0 saturated carbocycles. The Morgan fingerprint density at radius 3 is 2.22 bits per heavy atom. The number of nitrogens with zero attached hydrogens (tertiary/aromatic N) is 1. The molecule has 0 aromatic carbocycles. The quantitative estimate of drug-likeness (QED) is 0.634. The summed E-state index contributed by atoms with van der Waals surface area (Å²) in [6.45, 7) is 16.6. The van der Waals surface area contributed by atoms with Gasteiger partial charge in [-0.05, 0) is 53.2 Å². The van der Waals surface area contributed by atoms with Crippen LogP contribution in [0.25, 0.3) is 0 Å². The summed E-state index contributed by atoms with van der Waals surface area (Å²) in [5.74, 6) is 6.19. The summed E-state index contributed by atoms with van der Waals surface area (Å²) in [4.78, 5) is 2.54. The fourth-order valence-corrected chi connectivity index (χ4v) is 2.62. The molecule has 1 unspecified atom stereocenters. The van der Waals surface area contributed by atoms with E-state index in [4.69, 9.17) is 0 Å². The molecule has 106 valence electrons. The van der Waals surface area contributed by atoms with Gasteiger partial charge < -0.3 is 5.32 Å². The molecule has 0 amide bonds. The molecule has 2 heteroatoms. The summed E-state index contributed by atoms with van der Waals surface area (Å²) in [6.07, 6.45) is 3.30. The number of hydrogen-bond donors (Lipinski definition) is 1. The van der Waals surface area contributed by atoms with Crippen LogP contribution in [0.4, 0.5) is 0 Å². The van der Waals surface area contributed by atoms with E-state index in [2.05, 4.69) is 56.7 Å². The van der Waals surface area contributed by atoms with E-state index in [1.165, 1.54) is 6.42 Å². The minimum Gasteiger partial charge on any atom is -0.312 e. The Labute approximate surface area is 115 Å². The predicted molar refractivity (Wildman–Crippen MR) is 81.8 cm³/mol. The molecule has 1 N–H and O–H groups in total. The van der Waals surface area contributed by atoms with Crippen molar-refractivity contribution in [2.24, 2.45) is 0 Å². The van der Waals surface area contributed by atoms with Crippen LogP contribution in [-0.4, -0.2) is 36.1 Å². The van der Waals surface area contributed by atoms with Crippen molar-refractivity contribution in [3.8, 4) is 11.8 Å². The van der Waals surface area contributed by atoms with Crippen LogP contribution in [0.15, 0.2) is 0 Å². The Balaban J connectivity index is 4.70. The average Bonchev–Trinajstić information content (AvgIpc) is 2.34. The lowest BCUT2D eigenvalue weighted by Crippen LogP contribution is -2.57. The Hall–Kier alpha value is -0.520. The lowest BCUT2D eigenvalue weighted by Gasteiger charge is -2.44. The lowest BCUT2D eigenvalue weighted by molar-refractivity contribution is 0.0881. The van der Waals surface area contributed by atoms with Gasteiger partial charge in [-0.25, -0.2) is 0 Å². The van der Waals surface area contributed by atoms with E-state index in [0.717, 1.165) is 32.5 Å². The Kier molecular flexibility index (Phi) is 9.14. The molecule has 0 radical (unpaired) electrons. The van der Waals surface area contributed by atoms with Crippen molar-refractivity contribution in [3.63, 3.8) is 0 Å². The van der Waals surface area contributed by atoms with Crippen molar-refractivity contribution in [2.45, 2.75) is 72.4 Å². The van der Waals surface area contributed by atoms with Crippen molar-refractivity contribution in [3.05, 3.63) is 0 Å². The van der Waals surface area contributed by atoms with Crippen LogP contribution >= 0.6 is 0 Å². The number of nitrogens with one attached hydrogen (secondary N) is 1. The van der Waals surface area contributed by atoms with Crippen molar-refractivity contribution >= 4 is 0 Å². The first-order valence-electron chi connectivity index (χ1n) is 7.42. The second-order valence-corrected chi connectivity index (χ2v) is 5.30. The van der Waals surface area contributed by atoms with Gasteiger partial charge in [-0.1, -0.05) is 20.8 Å². The van der Waals surface area contributed by atoms with Gasteiger partial charge in [-0.3, -0.25) is 4.90 Å². The largest absolute Gasteiger partial charge is 0.312 e. The van der Waals surface area contributed by atoms with Gasteiger partial charge >= 0.3 is 0 Å². The highest BCUT2D eigenvalue weighted by molar-refractivity contribution is 4.99. The Bertz CT molecular complexity index is 256. The van der Waals surface area contributed by atoms with E-state index in [9.17, 15) is 0 Å². The van der Waals surface area contributed by atoms with Crippen LogP contribution in [0, 0.1) is 11.8 Å². The zero-order chi connectivity index (χ0) is 14.0. The van der Waals surface area contributed by atoms with Gasteiger partial charge in [0, 0.05) is 18.0 Å². The molecule has 0 heterocycles. The van der Waals surface area contributed by atoms with E-state index in [1.54, 1.807) is 0 Å². The molecular formula is C16H32N2. The van der Waals surface area contributed by atoms with Gasteiger partial charge in [-0.15, -0.1) is 11.8 Å². The van der Waals surface area contributed by atoms with Crippen molar-refractivity contribution < 1.29 is 0 Å². The predicted octanol–water partition coefficient (Wildman–Crippen LogP) is 3.28. The molecule has 0 bridgehead atoms. The second-order valence-electron chi connectivity index (χ2n) is 5.30. The van der Waals surface area contributed by atoms with E-state index >= 15 is 0 Å². The Morgan fingerprint density at radius 1 is 1.17 bits per heavy atom. The first-order valence-corrected chi connectivity index (χ1v) is 7.42. The van der Waals surface area contributed by atoms with E-state index in [-0.39, 0.29) is 5.54 Å². The minimum absolute atomic E-state index is 0.189. The van der Waals surface area contributed by atoms with Crippen LogP contribution in [0.3, 0.4) is 0 Å². The summed E-state index contributed by atoms with van der Waals surface area (Å²) in [7, 11) is 0. The monoisotopic (exact) mass is 252 g/mol. The van der Waals surface area contributed by atoms with Crippen molar-refractivity contribution in [2.75, 3.05) is 19.6 Å². The van der Waals surface area contributed by atoms with Crippen molar-refractivity contribution in [1.82, 2.24) is 10.2 Å². The molecule has 0 saturated heterocycles. The van der Waals surface area contributed by atoms with Crippen LogP contribution in [0.1, 0.15) is 60.8 Å². The third-order valence-corrected chi connectivity index (χ3v) is 3.81. The molecule has 0 aliphatic heterocycles. The fraction of sp³-hybridized carbons (Fsp3) is 0.875. The van der Waals surface area contributed by atoms with Crippen LogP contribution in [0.5, 0.6) is 0 Å². The molecule has 0 aromatic rings. The maximum absolute atomic E-state index is 3.71. The van der Waals surface area contributed by atoms with E-state index in [0.29, 0.717) is 6.04 Å². The maximum Gasteiger partial charge on any atom is 0.0306 e. The fourth-order valence-electron chi connectivity index (χ4n) is 2.62. The molecule has 0 aromatic heterocycles. The summed E-state index contributed by atoms with van der Waals surface area (Å²) >= 11 is 0. The van der Waals surface area contributed by atoms with Gasteiger partial charge in [0.1, 0.15) is 0 Å². The van der Waals surface area contributed by atoms with E-state index < -0.39 is 0 Å². The first kappa shape index (κ1) is 17.5. The summed E-state index contributed by atoms with van der Waals surface area (Å²) in [5, 5.41) is 3.71. The molecule has 2 nitrogen and oxygen atoms in total. The average molecular weight is 252 g/mol. The third-order valence-electron chi connectivity index (χ3n) is 3.81. The standard InChI is InChI=1S/C16H32N2/c1-7-11-12-13-15(17-14-8-2)16(5,6)18(9-3)10-4/h15,17H,8-10,12-14H2,1-6H3. The van der Waals surface area contributed by atoms with Crippen molar-refractivity contribution in [1.29, 1.82) is 0 Å². The van der Waals surface area contributed by atoms with Gasteiger partial charge in [0.2, 0.25) is 0 Å². The molecule has 0 rings (SSSR count). The zero-order valence-corrected chi connectivity index (χ0v) is 13.3. The van der Waals surface area contributed by atoms with Gasteiger partial charge in [-0.2, -0.15) is 0 Å². The molecule has 1 atom stereocenters. The highest BCUT2D eigenvalue weighted by atomic mass is 15.2. The first-order chi connectivity index (χ1) is 8.54.